The van der Waals surface area contributed by atoms with Crippen LogP contribution in [0.2, 0.25) is 0 Å². The van der Waals surface area contributed by atoms with E-state index < -0.39 is 10.0 Å². The number of morpholine rings is 1. The summed E-state index contributed by atoms with van der Waals surface area (Å²) in [6.45, 7) is 5.28. The summed E-state index contributed by atoms with van der Waals surface area (Å²) in [7, 11) is -2.37. The van der Waals surface area contributed by atoms with Crippen LogP contribution in [0.15, 0.2) is 53.6 Å². The van der Waals surface area contributed by atoms with Crippen molar-refractivity contribution in [2.24, 2.45) is 0 Å². The number of aromatic nitrogens is 2. The molecule has 0 bridgehead atoms. The third kappa shape index (κ3) is 5.73. The van der Waals surface area contributed by atoms with Gasteiger partial charge in [0.05, 0.1) is 25.1 Å². The lowest BCUT2D eigenvalue weighted by Crippen LogP contribution is -2.36. The zero-order valence-electron chi connectivity index (χ0n) is 20.3. The topological polar surface area (TPSA) is 132 Å². The highest BCUT2D eigenvalue weighted by molar-refractivity contribution is 7.89. The second-order valence-electron chi connectivity index (χ2n) is 8.21. The van der Waals surface area contributed by atoms with Gasteiger partial charge in [-0.2, -0.15) is 10.2 Å². The average Bonchev–Trinajstić information content (AvgIpc) is 2.91. The first kappa shape index (κ1) is 25.4. The molecule has 0 aliphatic carbocycles. The van der Waals surface area contributed by atoms with Crippen LogP contribution in [0.3, 0.4) is 0 Å². The van der Waals surface area contributed by atoms with Crippen LogP contribution in [0, 0.1) is 11.3 Å². The molecule has 3 N–H and O–H groups in total. The van der Waals surface area contributed by atoms with E-state index in [1.165, 1.54) is 19.3 Å². The largest absolute Gasteiger partial charge is 0.378 e. The van der Waals surface area contributed by atoms with Gasteiger partial charge in [0, 0.05) is 24.5 Å². The van der Waals surface area contributed by atoms with E-state index in [0.717, 1.165) is 56.1 Å². The number of nitrogens with zero attached hydrogens (tertiary/aromatic N) is 4. The van der Waals surface area contributed by atoms with Gasteiger partial charge in [-0.3, -0.25) is 0 Å². The number of nitrogens with one attached hydrogen (secondary N) is 3. The van der Waals surface area contributed by atoms with E-state index in [2.05, 4.69) is 55.3 Å². The molecule has 36 heavy (non-hydrogen) atoms. The maximum absolute atomic E-state index is 12.4. The van der Waals surface area contributed by atoms with Gasteiger partial charge < -0.3 is 20.3 Å². The van der Waals surface area contributed by atoms with Crippen LogP contribution in [0.4, 0.5) is 28.8 Å². The number of rotatable bonds is 9. The fourth-order valence-corrected chi connectivity index (χ4v) is 4.86. The highest BCUT2D eigenvalue weighted by Crippen LogP contribution is 2.29. The van der Waals surface area contributed by atoms with Crippen LogP contribution in [-0.2, 0) is 21.2 Å². The molecule has 1 saturated heterocycles. The Kier molecular flexibility index (Phi) is 8.00. The molecular weight excluding hydrogens is 478 g/mol. The van der Waals surface area contributed by atoms with Crippen molar-refractivity contribution < 1.29 is 13.2 Å². The molecule has 2 aromatic carbocycles. The summed E-state index contributed by atoms with van der Waals surface area (Å²) in [4.78, 5) is 11.2. The van der Waals surface area contributed by atoms with E-state index >= 15 is 0 Å². The van der Waals surface area contributed by atoms with Crippen molar-refractivity contribution in [3.05, 3.63) is 59.8 Å². The first-order valence-electron chi connectivity index (χ1n) is 11.7. The predicted molar refractivity (Wildman–Crippen MR) is 139 cm³/mol. The molecule has 0 atom stereocenters. The number of aryl methyl sites for hydroxylation is 1. The Balaban J connectivity index is 1.64. The summed E-state index contributed by atoms with van der Waals surface area (Å²) in [5.74, 6) is 0.498. The van der Waals surface area contributed by atoms with Crippen molar-refractivity contribution in [2.75, 3.05) is 48.9 Å². The van der Waals surface area contributed by atoms with E-state index in [1.54, 1.807) is 18.2 Å². The van der Waals surface area contributed by atoms with E-state index in [0.29, 0.717) is 11.6 Å². The Morgan fingerprint density at radius 2 is 1.89 bits per heavy atom. The number of sulfonamides is 1. The van der Waals surface area contributed by atoms with Crippen molar-refractivity contribution in [3.63, 3.8) is 0 Å². The number of hydrogen-bond acceptors (Lipinski definition) is 9. The van der Waals surface area contributed by atoms with Crippen LogP contribution in [0.5, 0.6) is 0 Å². The summed E-state index contributed by atoms with van der Waals surface area (Å²) in [5, 5.41) is 15.9. The molecule has 1 aliphatic heterocycles. The molecule has 11 heteroatoms. The number of anilines is 5. The molecule has 2 heterocycles. The Bertz CT molecular complexity index is 1370. The molecule has 3 aromatic rings. The maximum Gasteiger partial charge on any atom is 0.242 e. The lowest BCUT2D eigenvalue weighted by atomic mass is 10.1. The average molecular weight is 508 g/mol. The smallest absolute Gasteiger partial charge is 0.242 e. The quantitative estimate of drug-likeness (QED) is 0.398. The molecule has 0 saturated carbocycles. The van der Waals surface area contributed by atoms with Gasteiger partial charge in [0.1, 0.15) is 16.5 Å². The second kappa shape index (κ2) is 11.3. The van der Waals surface area contributed by atoms with Crippen molar-refractivity contribution in [3.8, 4) is 6.07 Å². The lowest BCUT2D eigenvalue weighted by molar-refractivity contribution is 0.122. The fourth-order valence-electron chi connectivity index (χ4n) is 3.98. The van der Waals surface area contributed by atoms with E-state index in [9.17, 15) is 13.7 Å². The van der Waals surface area contributed by atoms with Crippen LogP contribution in [0.1, 0.15) is 24.5 Å². The number of para-hydroxylation sites is 1. The molecule has 1 fully saturated rings. The van der Waals surface area contributed by atoms with Crippen molar-refractivity contribution in [1.29, 1.82) is 5.26 Å². The third-order valence-electron chi connectivity index (χ3n) is 5.84. The molecule has 4 rings (SSSR count). The molecule has 0 unspecified atom stereocenters. The standard InChI is InChI=1S/C25H29N7O3S/c1-3-6-18-15-20(32-11-13-35-14-12-32)9-10-21(18)30-25-28-17-19(16-26)24(31-25)29-22-7-4-5-8-23(22)36(33,34)27-2/h4-5,7-10,15,17,27H,3,6,11-14H2,1-2H3,(H2,28,29,30,31). The zero-order valence-corrected chi connectivity index (χ0v) is 21.1. The summed E-state index contributed by atoms with van der Waals surface area (Å²) < 4.78 is 32.7. The predicted octanol–water partition coefficient (Wildman–Crippen LogP) is 3.53. The van der Waals surface area contributed by atoms with Gasteiger partial charge in [0.25, 0.3) is 0 Å². The SMILES string of the molecule is CCCc1cc(N2CCOCC2)ccc1Nc1ncc(C#N)c(Nc2ccccc2S(=O)(=O)NC)n1. The van der Waals surface area contributed by atoms with Gasteiger partial charge in [-0.25, -0.2) is 18.1 Å². The molecule has 188 valence electrons. The van der Waals surface area contributed by atoms with Gasteiger partial charge in [-0.1, -0.05) is 25.5 Å². The number of ether oxygens (including phenoxy) is 1. The summed E-state index contributed by atoms with van der Waals surface area (Å²) in [6, 6.07) is 14.7. The van der Waals surface area contributed by atoms with E-state index in [-0.39, 0.29) is 16.3 Å². The van der Waals surface area contributed by atoms with E-state index in [1.807, 2.05) is 6.07 Å². The van der Waals surface area contributed by atoms with Crippen molar-refractivity contribution in [1.82, 2.24) is 14.7 Å². The minimum Gasteiger partial charge on any atom is -0.378 e. The normalized spacial score (nSPS) is 13.8. The van der Waals surface area contributed by atoms with Gasteiger partial charge in [-0.05, 0) is 49.4 Å². The van der Waals surface area contributed by atoms with Crippen molar-refractivity contribution in [2.45, 2.75) is 24.7 Å². The monoisotopic (exact) mass is 507 g/mol. The van der Waals surface area contributed by atoms with Crippen LogP contribution in [0.25, 0.3) is 0 Å². The summed E-state index contributed by atoms with van der Waals surface area (Å²) >= 11 is 0. The second-order valence-corrected chi connectivity index (χ2v) is 10.1. The molecule has 0 radical (unpaired) electrons. The summed E-state index contributed by atoms with van der Waals surface area (Å²) in [5.41, 5.74) is 3.65. The van der Waals surface area contributed by atoms with Crippen LogP contribution in [-0.4, -0.2) is 51.7 Å². The van der Waals surface area contributed by atoms with Crippen LogP contribution < -0.4 is 20.3 Å². The number of nitriles is 1. The maximum atomic E-state index is 12.4. The highest BCUT2D eigenvalue weighted by atomic mass is 32.2. The Morgan fingerprint density at radius 1 is 1.11 bits per heavy atom. The third-order valence-corrected chi connectivity index (χ3v) is 7.31. The number of hydrogen-bond donors (Lipinski definition) is 3. The minimum absolute atomic E-state index is 0.0495. The molecular formula is C25H29N7O3S. The zero-order chi connectivity index (χ0) is 25.5. The molecule has 0 amide bonds. The molecule has 1 aliphatic rings. The Morgan fingerprint density at radius 3 is 2.61 bits per heavy atom. The first-order valence-corrected chi connectivity index (χ1v) is 13.2. The van der Waals surface area contributed by atoms with Gasteiger partial charge in [0.15, 0.2) is 5.82 Å². The highest BCUT2D eigenvalue weighted by Gasteiger charge is 2.18. The lowest BCUT2D eigenvalue weighted by Gasteiger charge is -2.29. The van der Waals surface area contributed by atoms with Gasteiger partial charge >= 0.3 is 0 Å². The first-order chi connectivity index (χ1) is 17.4. The Hall–Kier alpha value is -3.72. The van der Waals surface area contributed by atoms with Crippen LogP contribution >= 0.6 is 0 Å². The van der Waals surface area contributed by atoms with Gasteiger partial charge in [0.2, 0.25) is 16.0 Å². The molecule has 10 nitrogen and oxygen atoms in total. The molecule has 0 spiro atoms. The summed E-state index contributed by atoms with van der Waals surface area (Å²) in [6.07, 6.45) is 3.25. The van der Waals surface area contributed by atoms with Crippen molar-refractivity contribution >= 4 is 38.9 Å². The van der Waals surface area contributed by atoms with E-state index in [4.69, 9.17) is 4.74 Å². The number of benzene rings is 2. The molecule has 1 aromatic heterocycles. The van der Waals surface area contributed by atoms with Gasteiger partial charge in [-0.15, -0.1) is 0 Å². The Labute approximate surface area is 211 Å². The fraction of sp³-hybridized carbons (Fsp3) is 0.320. The minimum atomic E-state index is -3.72.